The maximum Gasteiger partial charge on any atom is 0.157 e. The van der Waals surface area contributed by atoms with Crippen LogP contribution in [0.5, 0.6) is 0 Å². The molecule has 0 amide bonds. The van der Waals surface area contributed by atoms with Crippen molar-refractivity contribution in [1.29, 1.82) is 0 Å². The SMILES string of the molecule is c1cncc(Nc2ccnc3[nH]ncc23)c1. The van der Waals surface area contributed by atoms with Crippen LogP contribution in [-0.2, 0) is 0 Å². The number of hydrogen-bond donors (Lipinski definition) is 2. The molecule has 3 heterocycles. The predicted octanol–water partition coefficient (Wildman–Crippen LogP) is 2.10. The van der Waals surface area contributed by atoms with Gasteiger partial charge in [-0.05, 0) is 18.2 Å². The van der Waals surface area contributed by atoms with E-state index >= 15 is 0 Å². The molecule has 0 spiro atoms. The van der Waals surface area contributed by atoms with Gasteiger partial charge in [0.15, 0.2) is 5.65 Å². The van der Waals surface area contributed by atoms with Crippen molar-refractivity contribution in [2.75, 3.05) is 5.32 Å². The molecular formula is C11H9N5. The van der Waals surface area contributed by atoms with Crippen molar-refractivity contribution < 1.29 is 0 Å². The van der Waals surface area contributed by atoms with Gasteiger partial charge in [0.2, 0.25) is 0 Å². The quantitative estimate of drug-likeness (QED) is 0.681. The van der Waals surface area contributed by atoms with E-state index in [1.807, 2.05) is 18.2 Å². The fourth-order valence-electron chi connectivity index (χ4n) is 1.55. The highest BCUT2D eigenvalue weighted by atomic mass is 15.1. The van der Waals surface area contributed by atoms with Crippen LogP contribution in [0.2, 0.25) is 0 Å². The summed E-state index contributed by atoms with van der Waals surface area (Å²) in [4.78, 5) is 8.22. The summed E-state index contributed by atoms with van der Waals surface area (Å²) in [5.41, 5.74) is 2.68. The van der Waals surface area contributed by atoms with Crippen LogP contribution in [0.3, 0.4) is 0 Å². The molecule has 0 aromatic carbocycles. The van der Waals surface area contributed by atoms with Crippen LogP contribution in [0.15, 0.2) is 43.0 Å². The molecule has 0 bridgehead atoms. The Hall–Kier alpha value is -2.43. The Bertz CT molecular complexity index is 602. The fraction of sp³-hybridized carbons (Fsp3) is 0. The highest BCUT2D eigenvalue weighted by Crippen LogP contribution is 2.22. The Morgan fingerprint density at radius 2 is 2.12 bits per heavy atom. The number of anilines is 2. The van der Waals surface area contributed by atoms with Gasteiger partial charge < -0.3 is 5.32 Å². The summed E-state index contributed by atoms with van der Waals surface area (Å²) >= 11 is 0. The Morgan fingerprint density at radius 3 is 3.00 bits per heavy atom. The molecule has 0 saturated heterocycles. The third-order valence-electron chi connectivity index (χ3n) is 2.29. The number of H-pyrrole nitrogens is 1. The largest absolute Gasteiger partial charge is 0.354 e. The highest BCUT2D eigenvalue weighted by Gasteiger charge is 2.03. The first-order valence-electron chi connectivity index (χ1n) is 4.88. The number of rotatable bonds is 2. The third kappa shape index (κ3) is 1.48. The molecule has 16 heavy (non-hydrogen) atoms. The molecule has 5 heteroatoms. The van der Waals surface area contributed by atoms with Crippen molar-refractivity contribution in [2.24, 2.45) is 0 Å². The number of hydrogen-bond acceptors (Lipinski definition) is 4. The van der Waals surface area contributed by atoms with Gasteiger partial charge in [-0.3, -0.25) is 10.1 Å². The van der Waals surface area contributed by atoms with Gasteiger partial charge in [0.05, 0.1) is 29.2 Å². The van der Waals surface area contributed by atoms with Crippen LogP contribution in [0.4, 0.5) is 11.4 Å². The summed E-state index contributed by atoms with van der Waals surface area (Å²) < 4.78 is 0. The van der Waals surface area contributed by atoms with Crippen molar-refractivity contribution in [3.05, 3.63) is 43.0 Å². The predicted molar refractivity (Wildman–Crippen MR) is 61.4 cm³/mol. The molecule has 3 rings (SSSR count). The number of nitrogens with one attached hydrogen (secondary N) is 2. The molecule has 2 N–H and O–H groups in total. The molecule has 0 aliphatic heterocycles. The van der Waals surface area contributed by atoms with Crippen LogP contribution >= 0.6 is 0 Å². The van der Waals surface area contributed by atoms with Crippen molar-refractivity contribution >= 4 is 22.4 Å². The van der Waals surface area contributed by atoms with Crippen LogP contribution in [0.1, 0.15) is 0 Å². The lowest BCUT2D eigenvalue weighted by Gasteiger charge is -2.05. The molecule has 0 aliphatic rings. The van der Waals surface area contributed by atoms with Crippen LogP contribution in [0.25, 0.3) is 11.0 Å². The lowest BCUT2D eigenvalue weighted by molar-refractivity contribution is 1.10. The summed E-state index contributed by atoms with van der Waals surface area (Å²) in [6, 6.07) is 5.75. The van der Waals surface area contributed by atoms with Gasteiger partial charge >= 0.3 is 0 Å². The van der Waals surface area contributed by atoms with E-state index in [0.29, 0.717) is 0 Å². The average Bonchev–Trinajstić information content (AvgIpc) is 2.80. The number of aromatic nitrogens is 4. The fourth-order valence-corrected chi connectivity index (χ4v) is 1.55. The van der Waals surface area contributed by atoms with Crippen molar-refractivity contribution in [3.8, 4) is 0 Å². The van der Waals surface area contributed by atoms with E-state index in [0.717, 1.165) is 22.4 Å². The zero-order chi connectivity index (χ0) is 10.8. The van der Waals surface area contributed by atoms with Crippen LogP contribution in [-0.4, -0.2) is 20.2 Å². The summed E-state index contributed by atoms with van der Waals surface area (Å²) in [6.45, 7) is 0. The number of fused-ring (bicyclic) bond motifs is 1. The van der Waals surface area contributed by atoms with Gasteiger partial charge in [0, 0.05) is 12.4 Å². The molecule has 0 fully saturated rings. The summed E-state index contributed by atoms with van der Waals surface area (Å²) in [5.74, 6) is 0. The first kappa shape index (κ1) is 8.84. The zero-order valence-corrected chi connectivity index (χ0v) is 8.38. The van der Waals surface area contributed by atoms with E-state index in [1.165, 1.54) is 0 Å². The van der Waals surface area contributed by atoms with E-state index in [1.54, 1.807) is 24.8 Å². The van der Waals surface area contributed by atoms with Gasteiger partial charge in [0.1, 0.15) is 0 Å². The van der Waals surface area contributed by atoms with Crippen LogP contribution < -0.4 is 5.32 Å². The Balaban J connectivity index is 2.04. The topological polar surface area (TPSA) is 66.5 Å². The normalized spacial score (nSPS) is 10.5. The second-order valence-electron chi connectivity index (χ2n) is 3.36. The number of pyridine rings is 2. The minimum absolute atomic E-state index is 0.772. The summed E-state index contributed by atoms with van der Waals surface area (Å²) in [6.07, 6.45) is 7.00. The first-order chi connectivity index (χ1) is 7.93. The van der Waals surface area contributed by atoms with Gasteiger partial charge in [-0.1, -0.05) is 0 Å². The lowest BCUT2D eigenvalue weighted by Crippen LogP contribution is -1.91. The van der Waals surface area contributed by atoms with Gasteiger partial charge in [0.25, 0.3) is 0 Å². The van der Waals surface area contributed by atoms with Crippen molar-refractivity contribution in [1.82, 2.24) is 20.2 Å². The zero-order valence-electron chi connectivity index (χ0n) is 8.38. The molecule has 0 radical (unpaired) electrons. The number of nitrogens with zero attached hydrogens (tertiary/aromatic N) is 3. The lowest BCUT2D eigenvalue weighted by atomic mass is 10.3. The molecule has 0 unspecified atom stereocenters. The van der Waals surface area contributed by atoms with Gasteiger partial charge in [-0.2, -0.15) is 5.10 Å². The third-order valence-corrected chi connectivity index (χ3v) is 2.29. The second-order valence-corrected chi connectivity index (χ2v) is 3.36. The van der Waals surface area contributed by atoms with Gasteiger partial charge in [-0.15, -0.1) is 0 Å². The molecule has 0 atom stereocenters. The minimum Gasteiger partial charge on any atom is -0.354 e. The molecule has 78 valence electrons. The molecule has 5 nitrogen and oxygen atoms in total. The summed E-state index contributed by atoms with van der Waals surface area (Å²) in [7, 11) is 0. The smallest absolute Gasteiger partial charge is 0.157 e. The Morgan fingerprint density at radius 1 is 1.12 bits per heavy atom. The average molecular weight is 211 g/mol. The second kappa shape index (κ2) is 3.62. The monoisotopic (exact) mass is 211 g/mol. The Kier molecular flexibility index (Phi) is 2.00. The molecule has 0 saturated carbocycles. The molecule has 0 aliphatic carbocycles. The maximum atomic E-state index is 4.17. The van der Waals surface area contributed by atoms with Gasteiger partial charge in [-0.25, -0.2) is 4.98 Å². The Labute approximate surface area is 91.6 Å². The molecule has 3 aromatic heterocycles. The van der Waals surface area contributed by atoms with E-state index in [9.17, 15) is 0 Å². The first-order valence-corrected chi connectivity index (χ1v) is 4.88. The summed E-state index contributed by atoms with van der Waals surface area (Å²) in [5, 5.41) is 11.0. The maximum absolute atomic E-state index is 4.17. The van der Waals surface area contributed by atoms with Crippen LogP contribution in [0, 0.1) is 0 Å². The van der Waals surface area contributed by atoms with Crippen molar-refractivity contribution in [3.63, 3.8) is 0 Å². The van der Waals surface area contributed by atoms with E-state index in [-0.39, 0.29) is 0 Å². The van der Waals surface area contributed by atoms with E-state index in [2.05, 4.69) is 25.5 Å². The van der Waals surface area contributed by atoms with Crippen molar-refractivity contribution in [2.45, 2.75) is 0 Å². The van der Waals surface area contributed by atoms with E-state index in [4.69, 9.17) is 0 Å². The highest BCUT2D eigenvalue weighted by molar-refractivity contribution is 5.90. The van der Waals surface area contributed by atoms with E-state index < -0.39 is 0 Å². The minimum atomic E-state index is 0.772. The molecular weight excluding hydrogens is 202 g/mol. The standard InChI is InChI=1S/C11H9N5/c1-2-8(6-12-4-1)15-10-3-5-13-11-9(10)7-14-16-11/h1-7H,(H2,13,14,15,16). The molecule has 3 aromatic rings. The number of aromatic amines is 1.